The Labute approximate surface area is 310 Å². The number of benzene rings is 1. The normalized spacial score (nSPS) is 13.9. The molecule has 290 valence electrons. The van der Waals surface area contributed by atoms with Crippen molar-refractivity contribution in [2.75, 3.05) is 53.0 Å². The third-order valence-electron chi connectivity index (χ3n) is 10.4. The summed E-state index contributed by atoms with van der Waals surface area (Å²) in [5.41, 5.74) is 1.05. The molecule has 1 aliphatic rings. The predicted molar refractivity (Wildman–Crippen MR) is 215 cm³/mol. The molecule has 1 amide bonds. The Hall–Kier alpha value is -1.79. The van der Waals surface area contributed by atoms with Gasteiger partial charge in [-0.25, -0.2) is 0 Å². The molecule has 0 saturated carbocycles. The topological polar surface area (TPSA) is 54.0 Å². The number of nitrogens with one attached hydrogen (secondary N) is 1. The summed E-state index contributed by atoms with van der Waals surface area (Å²) in [4.78, 5) is 17.5. The zero-order valence-corrected chi connectivity index (χ0v) is 33.4. The lowest BCUT2D eigenvalue weighted by Crippen LogP contribution is -2.44. The van der Waals surface area contributed by atoms with Crippen LogP contribution in [-0.2, 0) is 11.3 Å². The fourth-order valence-electron chi connectivity index (χ4n) is 6.99. The van der Waals surface area contributed by atoms with Gasteiger partial charge in [-0.1, -0.05) is 155 Å². The molecule has 0 unspecified atom stereocenters. The zero-order chi connectivity index (χ0) is 35.7. The number of carbonyl (C=O) groups excluding carboxylic acids is 1. The molecule has 1 saturated heterocycles. The van der Waals surface area contributed by atoms with E-state index in [1.807, 2.05) is 6.07 Å². The monoisotopic (exact) mass is 700 g/mol. The van der Waals surface area contributed by atoms with Crippen molar-refractivity contribution in [3.05, 3.63) is 23.8 Å². The summed E-state index contributed by atoms with van der Waals surface area (Å²) in [5.74, 6) is 1.85. The first-order valence-corrected chi connectivity index (χ1v) is 21.7. The van der Waals surface area contributed by atoms with Gasteiger partial charge in [0.1, 0.15) is 11.5 Å². The standard InChI is InChI=1S/C44H81N3O3/c1-4-6-8-10-12-14-16-18-20-22-24-26-35-49-42-37-41(40-45-44(48)29-28-30-47-33-31-46(3)32-34-47)38-43(39-42)50-36-27-25-23-21-19-17-15-13-11-9-7-5-2/h37-39H,4-36,40H2,1-3H3,(H,45,48). The average Bonchev–Trinajstić information content (AvgIpc) is 3.12. The largest absolute Gasteiger partial charge is 0.493 e. The first-order chi connectivity index (χ1) is 24.6. The number of amides is 1. The van der Waals surface area contributed by atoms with E-state index in [1.54, 1.807) is 0 Å². The minimum absolute atomic E-state index is 0.126. The molecule has 1 aromatic rings. The van der Waals surface area contributed by atoms with Crippen molar-refractivity contribution in [3.8, 4) is 11.5 Å². The van der Waals surface area contributed by atoms with E-state index in [0.29, 0.717) is 13.0 Å². The number of carbonyl (C=O) groups is 1. The number of piperazine rings is 1. The van der Waals surface area contributed by atoms with Crippen LogP contribution in [-0.4, -0.2) is 68.7 Å². The van der Waals surface area contributed by atoms with Crippen molar-refractivity contribution in [1.29, 1.82) is 0 Å². The Kier molecular flexibility index (Phi) is 28.3. The van der Waals surface area contributed by atoms with Crippen molar-refractivity contribution in [2.45, 2.75) is 187 Å². The van der Waals surface area contributed by atoms with Gasteiger partial charge in [0.15, 0.2) is 0 Å². The van der Waals surface area contributed by atoms with Crippen molar-refractivity contribution < 1.29 is 14.3 Å². The Morgan fingerprint density at radius 2 is 0.960 bits per heavy atom. The maximum absolute atomic E-state index is 12.7. The predicted octanol–water partition coefficient (Wildman–Crippen LogP) is 11.5. The molecule has 6 nitrogen and oxygen atoms in total. The first-order valence-electron chi connectivity index (χ1n) is 21.7. The average molecular weight is 700 g/mol. The molecule has 1 aromatic carbocycles. The fraction of sp³-hybridized carbons (Fsp3) is 0.841. The highest BCUT2D eigenvalue weighted by Gasteiger charge is 2.14. The summed E-state index contributed by atoms with van der Waals surface area (Å²) in [6.07, 6.45) is 33.7. The molecule has 1 aliphatic heterocycles. The summed E-state index contributed by atoms with van der Waals surface area (Å²) >= 11 is 0. The highest BCUT2D eigenvalue weighted by Crippen LogP contribution is 2.24. The molecule has 0 bridgehead atoms. The Morgan fingerprint density at radius 3 is 1.38 bits per heavy atom. The molecule has 0 radical (unpaired) electrons. The molecule has 6 heteroatoms. The quantitative estimate of drug-likeness (QED) is 0.0726. The Bertz CT molecular complexity index is 870. The van der Waals surface area contributed by atoms with E-state index in [1.165, 1.54) is 141 Å². The minimum atomic E-state index is 0.126. The van der Waals surface area contributed by atoms with E-state index >= 15 is 0 Å². The van der Waals surface area contributed by atoms with Crippen molar-refractivity contribution in [3.63, 3.8) is 0 Å². The van der Waals surface area contributed by atoms with E-state index in [-0.39, 0.29) is 5.91 Å². The smallest absolute Gasteiger partial charge is 0.220 e. The van der Waals surface area contributed by atoms with Gasteiger partial charge in [-0.3, -0.25) is 4.79 Å². The van der Waals surface area contributed by atoms with E-state index in [2.05, 4.69) is 48.1 Å². The molecule has 0 atom stereocenters. The molecule has 0 spiro atoms. The van der Waals surface area contributed by atoms with E-state index in [0.717, 1.165) is 82.3 Å². The van der Waals surface area contributed by atoms with Crippen LogP contribution in [0.15, 0.2) is 18.2 Å². The van der Waals surface area contributed by atoms with Gasteiger partial charge < -0.3 is 24.6 Å². The highest BCUT2D eigenvalue weighted by molar-refractivity contribution is 5.75. The van der Waals surface area contributed by atoms with Crippen molar-refractivity contribution in [2.24, 2.45) is 0 Å². The van der Waals surface area contributed by atoms with Crippen LogP contribution in [0.5, 0.6) is 11.5 Å². The van der Waals surface area contributed by atoms with E-state index in [4.69, 9.17) is 9.47 Å². The maximum Gasteiger partial charge on any atom is 0.220 e. The van der Waals surface area contributed by atoms with Crippen molar-refractivity contribution >= 4 is 5.91 Å². The second-order valence-electron chi connectivity index (χ2n) is 15.3. The maximum atomic E-state index is 12.7. The number of ether oxygens (including phenoxy) is 2. The van der Waals surface area contributed by atoms with Gasteiger partial charge in [0.25, 0.3) is 0 Å². The second-order valence-corrected chi connectivity index (χ2v) is 15.3. The van der Waals surface area contributed by atoms with Crippen LogP contribution < -0.4 is 14.8 Å². The lowest BCUT2D eigenvalue weighted by atomic mass is 10.1. The summed E-state index contributed by atoms with van der Waals surface area (Å²) in [7, 11) is 2.18. The molecule has 0 aromatic heterocycles. The number of unbranched alkanes of at least 4 members (excludes halogenated alkanes) is 22. The Morgan fingerprint density at radius 1 is 0.560 bits per heavy atom. The van der Waals surface area contributed by atoms with Crippen LogP contribution in [0, 0.1) is 0 Å². The number of rotatable bonds is 34. The zero-order valence-electron chi connectivity index (χ0n) is 33.4. The summed E-state index contributed by atoms with van der Waals surface area (Å²) in [6.45, 7) is 12.0. The molecule has 2 rings (SSSR count). The summed E-state index contributed by atoms with van der Waals surface area (Å²) < 4.78 is 12.5. The van der Waals surface area contributed by atoms with Crippen LogP contribution in [0.3, 0.4) is 0 Å². The third kappa shape index (κ3) is 25.2. The first kappa shape index (κ1) is 44.4. The fourth-order valence-corrected chi connectivity index (χ4v) is 6.99. The van der Waals surface area contributed by atoms with Crippen LogP contribution >= 0.6 is 0 Å². The lowest BCUT2D eigenvalue weighted by Gasteiger charge is -2.32. The van der Waals surface area contributed by atoms with E-state index in [9.17, 15) is 4.79 Å². The van der Waals surface area contributed by atoms with Gasteiger partial charge in [-0.15, -0.1) is 0 Å². The number of hydrogen-bond donors (Lipinski definition) is 1. The third-order valence-corrected chi connectivity index (χ3v) is 10.4. The molecule has 1 heterocycles. The molecule has 1 fully saturated rings. The van der Waals surface area contributed by atoms with Gasteiger partial charge in [-0.05, 0) is 50.6 Å². The van der Waals surface area contributed by atoms with Crippen LogP contribution in [0.1, 0.15) is 186 Å². The molecule has 0 aliphatic carbocycles. The Balaban J connectivity index is 1.68. The van der Waals surface area contributed by atoms with Gasteiger partial charge in [0.2, 0.25) is 5.91 Å². The second kappa shape index (κ2) is 31.9. The van der Waals surface area contributed by atoms with Crippen LogP contribution in [0.4, 0.5) is 0 Å². The number of hydrogen-bond acceptors (Lipinski definition) is 5. The summed E-state index contributed by atoms with van der Waals surface area (Å²) in [5, 5.41) is 3.16. The summed E-state index contributed by atoms with van der Waals surface area (Å²) in [6, 6.07) is 6.21. The van der Waals surface area contributed by atoms with E-state index < -0.39 is 0 Å². The van der Waals surface area contributed by atoms with Gasteiger partial charge in [0, 0.05) is 45.2 Å². The highest BCUT2D eigenvalue weighted by atomic mass is 16.5. The molecule has 50 heavy (non-hydrogen) atoms. The molecule has 1 N–H and O–H groups in total. The van der Waals surface area contributed by atoms with Crippen LogP contribution in [0.25, 0.3) is 0 Å². The minimum Gasteiger partial charge on any atom is -0.493 e. The number of nitrogens with zero attached hydrogens (tertiary/aromatic N) is 2. The number of likely N-dealkylation sites (N-methyl/N-ethyl adjacent to an activating group) is 1. The van der Waals surface area contributed by atoms with Crippen molar-refractivity contribution in [1.82, 2.24) is 15.1 Å². The molecular formula is C44H81N3O3. The van der Waals surface area contributed by atoms with Crippen LogP contribution in [0.2, 0.25) is 0 Å². The molecular weight excluding hydrogens is 619 g/mol. The SMILES string of the molecule is CCCCCCCCCCCCCCOc1cc(CNC(=O)CCCN2CCN(C)CC2)cc(OCCCCCCCCCCCCCC)c1. The lowest BCUT2D eigenvalue weighted by molar-refractivity contribution is -0.121. The van der Waals surface area contributed by atoms with Gasteiger partial charge in [0.05, 0.1) is 13.2 Å². The van der Waals surface area contributed by atoms with Gasteiger partial charge in [-0.2, -0.15) is 0 Å². The van der Waals surface area contributed by atoms with Gasteiger partial charge >= 0.3 is 0 Å².